The lowest BCUT2D eigenvalue weighted by atomic mass is 10.0. The largest absolute Gasteiger partial charge is 0.442 e. The number of aromatic nitrogens is 3. The molecular formula is C18H18BrFN4O4S. The van der Waals surface area contributed by atoms with Crippen LogP contribution in [0.4, 0.5) is 14.9 Å². The molecule has 154 valence electrons. The molecular weight excluding hydrogens is 467 g/mol. The molecule has 2 aromatic rings. The second kappa shape index (κ2) is 7.86. The highest BCUT2D eigenvalue weighted by Gasteiger charge is 2.38. The highest BCUT2D eigenvalue weighted by atomic mass is 79.9. The first-order valence-electron chi connectivity index (χ1n) is 8.97. The predicted octanol–water partition coefficient (Wildman–Crippen LogP) is 2.58. The molecule has 1 amide bonds. The first kappa shape index (κ1) is 20.0. The molecule has 1 aromatic carbocycles. The Morgan fingerprint density at radius 1 is 1.38 bits per heavy atom. The van der Waals surface area contributed by atoms with Crippen molar-refractivity contribution in [2.75, 3.05) is 28.3 Å². The smallest absolute Gasteiger partial charge is 0.414 e. The van der Waals surface area contributed by atoms with Crippen LogP contribution in [0.15, 0.2) is 36.7 Å². The zero-order valence-corrected chi connectivity index (χ0v) is 17.6. The molecule has 2 aliphatic rings. The number of benzene rings is 1. The second-order valence-electron chi connectivity index (χ2n) is 6.90. The molecule has 1 aromatic heterocycles. The number of carbonyl (C=O) groups excluding carboxylic acids is 1. The quantitative estimate of drug-likeness (QED) is 0.605. The number of alkyl halides is 1. The summed E-state index contributed by atoms with van der Waals surface area (Å²) in [6.45, 7) is 0.245. The summed E-state index contributed by atoms with van der Waals surface area (Å²) in [6.07, 6.45) is 4.03. The molecule has 4 rings (SSSR count). The SMILES string of the molecule is O=C1OC(C(CBr)n2ccnn2)CN1c1ccc(C2=CCS(=O)(=O)CC2)c(F)c1. The molecule has 0 bridgehead atoms. The van der Waals surface area contributed by atoms with Gasteiger partial charge in [0.25, 0.3) is 0 Å². The maximum absolute atomic E-state index is 14.8. The number of ether oxygens (including phenoxy) is 1. The molecule has 3 heterocycles. The molecule has 0 spiro atoms. The van der Waals surface area contributed by atoms with Crippen molar-refractivity contribution in [3.63, 3.8) is 0 Å². The van der Waals surface area contributed by atoms with E-state index in [2.05, 4.69) is 26.2 Å². The number of halogens is 2. The Kier molecular flexibility index (Phi) is 5.43. The molecule has 8 nitrogen and oxygen atoms in total. The van der Waals surface area contributed by atoms with E-state index in [0.717, 1.165) is 0 Å². The van der Waals surface area contributed by atoms with Gasteiger partial charge in [0.2, 0.25) is 0 Å². The van der Waals surface area contributed by atoms with E-state index in [1.54, 1.807) is 35.3 Å². The fourth-order valence-corrected chi connectivity index (χ4v) is 5.35. The Balaban J connectivity index is 1.54. The molecule has 1 fully saturated rings. The highest BCUT2D eigenvalue weighted by molar-refractivity contribution is 9.09. The third kappa shape index (κ3) is 4.06. The summed E-state index contributed by atoms with van der Waals surface area (Å²) in [4.78, 5) is 13.8. The number of nitrogens with zero attached hydrogens (tertiary/aromatic N) is 4. The first-order valence-corrected chi connectivity index (χ1v) is 11.9. The third-order valence-electron chi connectivity index (χ3n) is 5.08. The van der Waals surface area contributed by atoms with E-state index in [4.69, 9.17) is 4.74 Å². The van der Waals surface area contributed by atoms with Crippen LogP contribution in [0.5, 0.6) is 0 Å². The van der Waals surface area contributed by atoms with E-state index < -0.39 is 27.9 Å². The van der Waals surface area contributed by atoms with Gasteiger partial charge in [-0.2, -0.15) is 0 Å². The maximum Gasteiger partial charge on any atom is 0.414 e. The molecule has 0 saturated carbocycles. The maximum atomic E-state index is 14.8. The van der Waals surface area contributed by atoms with Crippen molar-refractivity contribution < 1.29 is 22.3 Å². The fourth-order valence-electron chi connectivity index (χ4n) is 3.49. The van der Waals surface area contributed by atoms with Crippen LogP contribution >= 0.6 is 15.9 Å². The average Bonchev–Trinajstić information content (AvgIpc) is 3.33. The van der Waals surface area contributed by atoms with Crippen molar-refractivity contribution in [2.45, 2.75) is 18.6 Å². The highest BCUT2D eigenvalue weighted by Crippen LogP contribution is 2.32. The molecule has 29 heavy (non-hydrogen) atoms. The van der Waals surface area contributed by atoms with Crippen LogP contribution in [0.1, 0.15) is 18.0 Å². The summed E-state index contributed by atoms with van der Waals surface area (Å²) >= 11 is 3.41. The monoisotopic (exact) mass is 484 g/mol. The van der Waals surface area contributed by atoms with Crippen molar-refractivity contribution >= 4 is 43.1 Å². The van der Waals surface area contributed by atoms with E-state index in [1.807, 2.05) is 0 Å². The van der Waals surface area contributed by atoms with Crippen molar-refractivity contribution in [3.05, 3.63) is 48.0 Å². The summed E-state index contributed by atoms with van der Waals surface area (Å²) in [7, 11) is -3.08. The van der Waals surface area contributed by atoms with Crippen LogP contribution in [0.25, 0.3) is 5.57 Å². The van der Waals surface area contributed by atoms with Crippen LogP contribution in [-0.2, 0) is 14.6 Å². The van der Waals surface area contributed by atoms with Crippen LogP contribution in [0, 0.1) is 5.82 Å². The summed E-state index contributed by atoms with van der Waals surface area (Å²) in [5.74, 6) is -0.575. The fraction of sp³-hybridized carbons (Fsp3) is 0.389. The van der Waals surface area contributed by atoms with Gasteiger partial charge in [-0.1, -0.05) is 27.2 Å². The van der Waals surface area contributed by atoms with Crippen molar-refractivity contribution in [3.8, 4) is 0 Å². The Labute approximate surface area is 175 Å². The number of anilines is 1. The summed E-state index contributed by atoms with van der Waals surface area (Å²) < 4.78 is 45.0. The molecule has 0 N–H and O–H groups in total. The summed E-state index contributed by atoms with van der Waals surface area (Å²) in [5, 5.41) is 8.25. The molecule has 2 atom stereocenters. The van der Waals surface area contributed by atoms with Gasteiger partial charge in [0.1, 0.15) is 18.0 Å². The molecule has 11 heteroatoms. The van der Waals surface area contributed by atoms with E-state index in [0.29, 0.717) is 22.2 Å². The number of carbonyl (C=O) groups is 1. The predicted molar refractivity (Wildman–Crippen MR) is 108 cm³/mol. The van der Waals surface area contributed by atoms with Gasteiger partial charge < -0.3 is 4.74 Å². The standard InChI is InChI=1S/C18H18BrFN4O4S/c19-10-16(24-6-5-21-22-24)17-11-23(18(25)28-17)13-1-2-14(15(20)9-13)12-3-7-29(26,27)8-4-12/h1-3,5-6,9,16-17H,4,7-8,10-11H2. The first-order chi connectivity index (χ1) is 13.9. The number of cyclic esters (lactones) is 1. The van der Waals surface area contributed by atoms with Gasteiger partial charge in [0.05, 0.1) is 29.9 Å². The van der Waals surface area contributed by atoms with E-state index in [1.165, 1.54) is 11.0 Å². The number of sulfone groups is 1. The van der Waals surface area contributed by atoms with Gasteiger partial charge in [-0.3, -0.25) is 4.90 Å². The van der Waals surface area contributed by atoms with E-state index in [-0.39, 0.29) is 30.5 Å². The van der Waals surface area contributed by atoms with E-state index in [9.17, 15) is 17.6 Å². The molecule has 1 saturated heterocycles. The van der Waals surface area contributed by atoms with Crippen LogP contribution < -0.4 is 4.90 Å². The summed E-state index contributed by atoms with van der Waals surface area (Å²) in [6, 6.07) is 4.26. The number of rotatable bonds is 5. The van der Waals surface area contributed by atoms with Gasteiger partial charge in [0.15, 0.2) is 9.84 Å². The summed E-state index contributed by atoms with van der Waals surface area (Å²) in [5.41, 5.74) is 1.40. The van der Waals surface area contributed by atoms with Crippen molar-refractivity contribution in [1.82, 2.24) is 15.0 Å². The van der Waals surface area contributed by atoms with Crippen molar-refractivity contribution in [2.24, 2.45) is 0 Å². The van der Waals surface area contributed by atoms with Gasteiger partial charge in [-0.25, -0.2) is 22.3 Å². The minimum Gasteiger partial charge on any atom is -0.442 e. The van der Waals surface area contributed by atoms with Crippen LogP contribution in [0.2, 0.25) is 0 Å². The Bertz CT molecular complexity index is 1060. The van der Waals surface area contributed by atoms with Crippen LogP contribution in [0.3, 0.4) is 0 Å². The van der Waals surface area contributed by atoms with Gasteiger partial charge in [-0.05, 0) is 30.2 Å². The topological polar surface area (TPSA) is 94.4 Å². The molecule has 2 unspecified atom stereocenters. The number of amides is 1. The van der Waals surface area contributed by atoms with Crippen LogP contribution in [-0.4, -0.2) is 59.0 Å². The molecule has 2 aliphatic heterocycles. The Hall–Kier alpha value is -2.27. The zero-order chi connectivity index (χ0) is 20.6. The number of allylic oxidation sites excluding steroid dienone is 1. The number of hydrogen-bond acceptors (Lipinski definition) is 6. The molecule has 0 radical (unpaired) electrons. The van der Waals surface area contributed by atoms with Crippen molar-refractivity contribution in [1.29, 1.82) is 0 Å². The van der Waals surface area contributed by atoms with Gasteiger partial charge in [0, 0.05) is 17.1 Å². The lowest BCUT2D eigenvalue weighted by Gasteiger charge is -2.20. The minimum atomic E-state index is -3.08. The zero-order valence-electron chi connectivity index (χ0n) is 15.2. The lowest BCUT2D eigenvalue weighted by molar-refractivity contribution is 0.110. The van der Waals surface area contributed by atoms with E-state index >= 15 is 0 Å². The average molecular weight is 485 g/mol. The van der Waals surface area contributed by atoms with Gasteiger partial charge in [-0.15, -0.1) is 5.10 Å². The molecule has 0 aliphatic carbocycles. The Morgan fingerprint density at radius 2 is 2.21 bits per heavy atom. The number of hydrogen-bond donors (Lipinski definition) is 0. The minimum absolute atomic E-state index is 0.0103. The Morgan fingerprint density at radius 3 is 2.83 bits per heavy atom. The second-order valence-corrected chi connectivity index (χ2v) is 9.77. The lowest BCUT2D eigenvalue weighted by Crippen LogP contribution is -2.31. The third-order valence-corrected chi connectivity index (χ3v) is 7.24. The van der Waals surface area contributed by atoms with Gasteiger partial charge >= 0.3 is 6.09 Å². The normalized spacial score (nSPS) is 22.3.